The number of hydrogen-bond donors (Lipinski definition) is 2. The molecule has 0 fully saturated rings. The number of ether oxygens (including phenoxy) is 2. The fourth-order valence-corrected chi connectivity index (χ4v) is 2.28. The summed E-state index contributed by atoms with van der Waals surface area (Å²) in [5.74, 6) is 1.43. The molecule has 0 amide bonds. The van der Waals surface area contributed by atoms with Crippen LogP contribution in [0.1, 0.15) is 45.3 Å². The molecule has 150 valence electrons. The van der Waals surface area contributed by atoms with Gasteiger partial charge in [0.1, 0.15) is 0 Å². The van der Waals surface area contributed by atoms with Gasteiger partial charge in [0.05, 0.1) is 6.10 Å². The second kappa shape index (κ2) is 16.3. The fraction of sp³-hybridized carbons (Fsp3) is 0.650. The highest BCUT2D eigenvalue weighted by Gasteiger charge is 2.04. The molecule has 1 unspecified atom stereocenters. The van der Waals surface area contributed by atoms with Gasteiger partial charge in [-0.3, -0.25) is 4.99 Å². The largest absolute Gasteiger partial charge is 0.381 e. The number of guanidine groups is 1. The van der Waals surface area contributed by atoms with E-state index in [1.807, 2.05) is 18.2 Å². The molecule has 2 N–H and O–H groups in total. The summed E-state index contributed by atoms with van der Waals surface area (Å²) in [6, 6.07) is 10.3. The van der Waals surface area contributed by atoms with E-state index < -0.39 is 0 Å². The molecule has 0 bridgehead atoms. The molecule has 6 heteroatoms. The van der Waals surface area contributed by atoms with Crippen LogP contribution in [0.2, 0.25) is 0 Å². The molecule has 0 aliphatic heterocycles. The van der Waals surface area contributed by atoms with Gasteiger partial charge >= 0.3 is 0 Å². The van der Waals surface area contributed by atoms with E-state index in [4.69, 9.17) is 9.47 Å². The minimum Gasteiger partial charge on any atom is -0.381 e. The average Bonchev–Trinajstić information content (AvgIpc) is 2.62. The van der Waals surface area contributed by atoms with Gasteiger partial charge in [-0.1, -0.05) is 44.2 Å². The second-order valence-corrected chi connectivity index (χ2v) is 6.53. The van der Waals surface area contributed by atoms with Gasteiger partial charge in [-0.05, 0) is 31.2 Å². The van der Waals surface area contributed by atoms with Crippen LogP contribution < -0.4 is 10.6 Å². The lowest BCUT2D eigenvalue weighted by Crippen LogP contribution is -2.38. The highest BCUT2D eigenvalue weighted by molar-refractivity contribution is 14.0. The highest BCUT2D eigenvalue weighted by atomic mass is 127. The molecule has 0 saturated carbocycles. The Morgan fingerprint density at radius 2 is 1.62 bits per heavy atom. The Morgan fingerprint density at radius 1 is 1.00 bits per heavy atom. The average molecular weight is 477 g/mol. The smallest absolute Gasteiger partial charge is 0.190 e. The summed E-state index contributed by atoms with van der Waals surface area (Å²) in [7, 11) is 1.79. The first-order valence-corrected chi connectivity index (χ1v) is 9.32. The maximum absolute atomic E-state index is 5.87. The van der Waals surface area contributed by atoms with Crippen molar-refractivity contribution in [1.82, 2.24) is 10.6 Å². The van der Waals surface area contributed by atoms with Crippen molar-refractivity contribution in [2.75, 3.05) is 40.0 Å². The van der Waals surface area contributed by atoms with Gasteiger partial charge in [-0.2, -0.15) is 0 Å². The van der Waals surface area contributed by atoms with Crippen LogP contribution >= 0.6 is 24.0 Å². The first-order valence-electron chi connectivity index (χ1n) is 9.32. The summed E-state index contributed by atoms with van der Waals surface area (Å²) in [6.07, 6.45) is 2.05. The van der Waals surface area contributed by atoms with Gasteiger partial charge in [0.2, 0.25) is 0 Å². The predicted octanol–water partition coefficient (Wildman–Crippen LogP) is 4.00. The van der Waals surface area contributed by atoms with Crippen molar-refractivity contribution in [3.8, 4) is 0 Å². The van der Waals surface area contributed by atoms with Crippen molar-refractivity contribution in [2.24, 2.45) is 10.9 Å². The van der Waals surface area contributed by atoms with Crippen LogP contribution in [0.4, 0.5) is 0 Å². The van der Waals surface area contributed by atoms with E-state index in [9.17, 15) is 0 Å². The van der Waals surface area contributed by atoms with Gasteiger partial charge in [0.25, 0.3) is 0 Å². The van der Waals surface area contributed by atoms with Crippen LogP contribution in [-0.4, -0.2) is 45.9 Å². The van der Waals surface area contributed by atoms with E-state index in [2.05, 4.69) is 48.5 Å². The fourth-order valence-electron chi connectivity index (χ4n) is 2.28. The summed E-state index contributed by atoms with van der Waals surface area (Å²) < 4.78 is 11.4. The first kappa shape index (κ1) is 25.1. The van der Waals surface area contributed by atoms with Gasteiger partial charge < -0.3 is 20.1 Å². The second-order valence-electron chi connectivity index (χ2n) is 6.53. The molecule has 0 aliphatic carbocycles. The Kier molecular flexibility index (Phi) is 15.8. The zero-order valence-corrected chi connectivity index (χ0v) is 19.0. The number of rotatable bonds is 12. The number of aliphatic imine (C=N–C) groups is 1. The lowest BCUT2D eigenvalue weighted by atomic mass is 10.1. The standard InChI is InChI=1S/C20H35N3O2.HI/c1-17(2)16-24-14-8-12-22-20(21-4)23-13-9-15-25-18(3)19-10-6-5-7-11-19;/h5-7,10-11,17-18H,8-9,12-16H2,1-4H3,(H2,21,22,23);1H. The molecule has 1 atom stereocenters. The Labute approximate surface area is 176 Å². The van der Waals surface area contributed by atoms with E-state index in [-0.39, 0.29) is 30.1 Å². The zero-order chi connectivity index (χ0) is 18.3. The normalized spacial score (nSPS) is 12.6. The summed E-state index contributed by atoms with van der Waals surface area (Å²) >= 11 is 0. The Hall–Kier alpha value is -0.860. The van der Waals surface area contributed by atoms with Crippen molar-refractivity contribution >= 4 is 29.9 Å². The molecular weight excluding hydrogens is 441 g/mol. The third-order valence-corrected chi connectivity index (χ3v) is 3.68. The van der Waals surface area contributed by atoms with Crippen LogP contribution in [0.25, 0.3) is 0 Å². The summed E-state index contributed by atoms with van der Waals surface area (Å²) in [6.45, 7) is 10.4. The minimum atomic E-state index is 0. The van der Waals surface area contributed by atoms with Crippen molar-refractivity contribution < 1.29 is 9.47 Å². The molecule has 0 aromatic heterocycles. The van der Waals surface area contributed by atoms with Crippen LogP contribution in [-0.2, 0) is 9.47 Å². The molecule has 1 aromatic carbocycles. The topological polar surface area (TPSA) is 54.9 Å². The minimum absolute atomic E-state index is 0. The summed E-state index contributed by atoms with van der Waals surface area (Å²) in [4.78, 5) is 4.23. The van der Waals surface area contributed by atoms with Crippen molar-refractivity contribution in [2.45, 2.75) is 39.7 Å². The predicted molar refractivity (Wildman–Crippen MR) is 120 cm³/mol. The molecule has 0 heterocycles. The first-order chi connectivity index (χ1) is 12.1. The van der Waals surface area contributed by atoms with Gasteiger partial charge in [-0.25, -0.2) is 0 Å². The number of hydrogen-bond acceptors (Lipinski definition) is 3. The maximum Gasteiger partial charge on any atom is 0.190 e. The number of nitrogens with zero attached hydrogens (tertiary/aromatic N) is 1. The SMILES string of the molecule is CN=C(NCCCOCC(C)C)NCCCOC(C)c1ccccc1.I. The molecule has 0 radical (unpaired) electrons. The molecule has 0 spiro atoms. The van der Waals surface area contributed by atoms with E-state index >= 15 is 0 Å². The molecular formula is C20H36IN3O2. The third kappa shape index (κ3) is 12.5. The van der Waals surface area contributed by atoms with Crippen molar-refractivity contribution in [3.05, 3.63) is 35.9 Å². The summed E-state index contributed by atoms with van der Waals surface area (Å²) in [5.41, 5.74) is 1.22. The van der Waals surface area contributed by atoms with Crippen molar-refractivity contribution in [3.63, 3.8) is 0 Å². The lowest BCUT2D eigenvalue weighted by molar-refractivity contribution is 0.0646. The summed E-state index contributed by atoms with van der Waals surface area (Å²) in [5, 5.41) is 6.61. The maximum atomic E-state index is 5.87. The van der Waals surface area contributed by atoms with E-state index in [0.29, 0.717) is 5.92 Å². The van der Waals surface area contributed by atoms with Gasteiger partial charge in [0, 0.05) is 40.0 Å². The Morgan fingerprint density at radius 3 is 2.19 bits per heavy atom. The van der Waals surface area contributed by atoms with E-state index in [1.165, 1.54) is 5.56 Å². The van der Waals surface area contributed by atoms with Gasteiger partial charge in [-0.15, -0.1) is 24.0 Å². The van der Waals surface area contributed by atoms with Crippen LogP contribution in [0.15, 0.2) is 35.3 Å². The molecule has 1 rings (SSSR count). The lowest BCUT2D eigenvalue weighted by Gasteiger charge is -2.15. The molecule has 5 nitrogen and oxygen atoms in total. The Bertz CT molecular complexity index is 469. The molecule has 0 saturated heterocycles. The third-order valence-electron chi connectivity index (χ3n) is 3.68. The zero-order valence-electron chi connectivity index (χ0n) is 16.7. The van der Waals surface area contributed by atoms with E-state index in [0.717, 1.165) is 51.7 Å². The van der Waals surface area contributed by atoms with Crippen LogP contribution in [0.3, 0.4) is 0 Å². The highest BCUT2D eigenvalue weighted by Crippen LogP contribution is 2.15. The Balaban J connectivity index is 0.00000625. The monoisotopic (exact) mass is 477 g/mol. The van der Waals surface area contributed by atoms with Crippen molar-refractivity contribution in [1.29, 1.82) is 0 Å². The quantitative estimate of drug-likeness (QED) is 0.207. The molecule has 1 aromatic rings. The van der Waals surface area contributed by atoms with E-state index in [1.54, 1.807) is 7.05 Å². The number of benzene rings is 1. The van der Waals surface area contributed by atoms with Gasteiger partial charge in [0.15, 0.2) is 5.96 Å². The number of nitrogens with one attached hydrogen (secondary N) is 2. The molecule has 0 aliphatic rings. The number of halogens is 1. The molecule has 26 heavy (non-hydrogen) atoms. The van der Waals surface area contributed by atoms with Crippen LogP contribution in [0, 0.1) is 5.92 Å². The van der Waals surface area contributed by atoms with Crippen LogP contribution in [0.5, 0.6) is 0 Å².